The molecule has 0 radical (unpaired) electrons. The summed E-state index contributed by atoms with van der Waals surface area (Å²) in [4.78, 5) is 12.2. The van der Waals surface area contributed by atoms with Gasteiger partial charge in [-0.25, -0.2) is 0 Å². The van der Waals surface area contributed by atoms with E-state index in [0.29, 0.717) is 13.0 Å². The van der Waals surface area contributed by atoms with Gasteiger partial charge in [-0.3, -0.25) is 4.79 Å². The van der Waals surface area contributed by atoms with Gasteiger partial charge < -0.3 is 10.1 Å². The van der Waals surface area contributed by atoms with Crippen LogP contribution in [0.15, 0.2) is 54.6 Å². The Hall–Kier alpha value is -2.29. The van der Waals surface area contributed by atoms with E-state index in [2.05, 4.69) is 17.4 Å². The molecule has 0 spiro atoms. The maximum Gasteiger partial charge on any atom is 0.261 e. The van der Waals surface area contributed by atoms with Crippen LogP contribution in [0.1, 0.15) is 24.5 Å². The molecular formula is C19H23NO2. The number of ether oxygens (including phenoxy) is 1. The Bertz CT molecular complexity index is 595. The molecule has 1 N–H and O–H groups in total. The molecule has 3 heteroatoms. The zero-order chi connectivity index (χ0) is 15.8. The van der Waals surface area contributed by atoms with Gasteiger partial charge in [0.1, 0.15) is 5.75 Å². The molecule has 3 nitrogen and oxygen atoms in total. The fraction of sp³-hybridized carbons (Fsp3) is 0.316. The lowest BCUT2D eigenvalue weighted by molar-refractivity contribution is -0.128. The zero-order valence-corrected chi connectivity index (χ0v) is 13.2. The Balaban J connectivity index is 1.84. The van der Waals surface area contributed by atoms with Gasteiger partial charge in [0.25, 0.3) is 5.91 Å². The standard InChI is InChI=1S/C19H23NO2/c1-3-18(22-17-11-7-8-15(2)14-17)19(21)20-13-12-16-9-5-4-6-10-16/h4-11,14,18H,3,12-13H2,1-2H3,(H,20,21). The molecule has 2 aromatic carbocycles. The highest BCUT2D eigenvalue weighted by molar-refractivity contribution is 5.81. The monoisotopic (exact) mass is 297 g/mol. The smallest absolute Gasteiger partial charge is 0.261 e. The van der Waals surface area contributed by atoms with E-state index in [1.165, 1.54) is 5.56 Å². The number of hydrogen-bond donors (Lipinski definition) is 1. The summed E-state index contributed by atoms with van der Waals surface area (Å²) < 4.78 is 5.80. The molecule has 0 bridgehead atoms. The van der Waals surface area contributed by atoms with Gasteiger partial charge in [-0.05, 0) is 43.0 Å². The molecule has 0 aliphatic carbocycles. The molecule has 22 heavy (non-hydrogen) atoms. The minimum absolute atomic E-state index is 0.0556. The van der Waals surface area contributed by atoms with Crippen LogP contribution in [0.2, 0.25) is 0 Å². The van der Waals surface area contributed by atoms with E-state index in [1.54, 1.807) is 0 Å². The number of hydrogen-bond acceptors (Lipinski definition) is 2. The van der Waals surface area contributed by atoms with Gasteiger partial charge in [0.05, 0.1) is 0 Å². The molecule has 0 aliphatic heterocycles. The Morgan fingerprint density at radius 2 is 1.91 bits per heavy atom. The van der Waals surface area contributed by atoms with Gasteiger partial charge in [-0.15, -0.1) is 0 Å². The van der Waals surface area contributed by atoms with Gasteiger partial charge in [-0.2, -0.15) is 0 Å². The van der Waals surface area contributed by atoms with Crippen LogP contribution in [0.4, 0.5) is 0 Å². The highest BCUT2D eigenvalue weighted by Gasteiger charge is 2.17. The lowest BCUT2D eigenvalue weighted by Crippen LogP contribution is -2.38. The average molecular weight is 297 g/mol. The number of aryl methyl sites for hydroxylation is 1. The SMILES string of the molecule is CCC(Oc1cccc(C)c1)C(=O)NCCc1ccccc1. The lowest BCUT2D eigenvalue weighted by Gasteiger charge is -2.17. The Kier molecular flexibility index (Phi) is 6.01. The van der Waals surface area contributed by atoms with Crippen LogP contribution in [0.25, 0.3) is 0 Å². The van der Waals surface area contributed by atoms with Gasteiger partial charge in [0.15, 0.2) is 6.10 Å². The maximum atomic E-state index is 12.2. The first-order chi connectivity index (χ1) is 10.7. The minimum atomic E-state index is -0.447. The first-order valence-corrected chi connectivity index (χ1v) is 7.74. The molecular weight excluding hydrogens is 274 g/mol. The van der Waals surface area contributed by atoms with Crippen molar-refractivity contribution in [2.75, 3.05) is 6.54 Å². The second-order valence-electron chi connectivity index (χ2n) is 5.36. The van der Waals surface area contributed by atoms with Crippen molar-refractivity contribution in [3.63, 3.8) is 0 Å². The number of nitrogens with one attached hydrogen (secondary N) is 1. The molecule has 1 unspecified atom stereocenters. The van der Waals surface area contributed by atoms with Crippen molar-refractivity contribution < 1.29 is 9.53 Å². The second-order valence-corrected chi connectivity index (χ2v) is 5.36. The van der Waals surface area contributed by atoms with Gasteiger partial charge in [0, 0.05) is 6.54 Å². The van der Waals surface area contributed by atoms with Crippen LogP contribution in [0.3, 0.4) is 0 Å². The normalized spacial score (nSPS) is 11.7. The summed E-state index contributed by atoms with van der Waals surface area (Å²) in [7, 11) is 0. The first kappa shape index (κ1) is 16.1. The highest BCUT2D eigenvalue weighted by atomic mass is 16.5. The van der Waals surface area contributed by atoms with Crippen LogP contribution in [0.5, 0.6) is 5.75 Å². The molecule has 116 valence electrons. The molecule has 1 atom stereocenters. The van der Waals surface area contributed by atoms with Crippen LogP contribution in [-0.4, -0.2) is 18.6 Å². The van der Waals surface area contributed by atoms with Gasteiger partial charge in [-0.1, -0.05) is 49.4 Å². The van der Waals surface area contributed by atoms with E-state index in [-0.39, 0.29) is 5.91 Å². The lowest BCUT2D eigenvalue weighted by atomic mass is 10.1. The molecule has 0 saturated carbocycles. The summed E-state index contributed by atoms with van der Waals surface area (Å²) in [5.74, 6) is 0.685. The van der Waals surface area contributed by atoms with Crippen molar-refractivity contribution in [3.8, 4) is 5.75 Å². The van der Waals surface area contributed by atoms with Crippen molar-refractivity contribution >= 4 is 5.91 Å². The summed E-state index contributed by atoms with van der Waals surface area (Å²) in [5.41, 5.74) is 2.34. The number of rotatable bonds is 7. The quantitative estimate of drug-likeness (QED) is 0.849. The predicted octanol–water partition coefficient (Wildman–Crippen LogP) is 3.51. The fourth-order valence-corrected chi connectivity index (χ4v) is 2.26. The van der Waals surface area contributed by atoms with Crippen LogP contribution < -0.4 is 10.1 Å². The summed E-state index contributed by atoms with van der Waals surface area (Å²) in [6.07, 6.45) is 1.02. The van der Waals surface area contributed by atoms with Crippen molar-refractivity contribution in [1.82, 2.24) is 5.32 Å². The van der Waals surface area contributed by atoms with Crippen molar-refractivity contribution in [2.24, 2.45) is 0 Å². The molecule has 2 rings (SSSR count). The largest absolute Gasteiger partial charge is 0.481 e. The third-order valence-corrected chi connectivity index (χ3v) is 3.49. The van der Waals surface area contributed by atoms with Gasteiger partial charge in [0.2, 0.25) is 0 Å². The van der Waals surface area contributed by atoms with E-state index in [0.717, 1.165) is 17.7 Å². The highest BCUT2D eigenvalue weighted by Crippen LogP contribution is 2.15. The van der Waals surface area contributed by atoms with E-state index in [9.17, 15) is 4.79 Å². The topological polar surface area (TPSA) is 38.3 Å². The molecule has 0 heterocycles. The summed E-state index contributed by atoms with van der Waals surface area (Å²) >= 11 is 0. The Morgan fingerprint density at radius 3 is 2.59 bits per heavy atom. The third kappa shape index (κ3) is 4.92. The average Bonchev–Trinajstić information content (AvgIpc) is 2.53. The van der Waals surface area contributed by atoms with E-state index >= 15 is 0 Å². The van der Waals surface area contributed by atoms with E-state index < -0.39 is 6.10 Å². The molecule has 2 aromatic rings. The van der Waals surface area contributed by atoms with E-state index in [4.69, 9.17) is 4.74 Å². The molecule has 0 saturated heterocycles. The Labute approximate surface area is 132 Å². The number of benzene rings is 2. The van der Waals surface area contributed by atoms with Crippen LogP contribution in [0, 0.1) is 6.92 Å². The summed E-state index contributed by atoms with van der Waals surface area (Å²) in [5, 5.41) is 2.95. The van der Waals surface area contributed by atoms with E-state index in [1.807, 2.05) is 56.3 Å². The molecule has 1 amide bonds. The number of carbonyl (C=O) groups excluding carboxylic acids is 1. The maximum absolute atomic E-state index is 12.2. The molecule has 0 fully saturated rings. The summed E-state index contributed by atoms with van der Waals surface area (Å²) in [6, 6.07) is 17.9. The van der Waals surface area contributed by atoms with Crippen molar-refractivity contribution in [3.05, 3.63) is 65.7 Å². The minimum Gasteiger partial charge on any atom is -0.481 e. The van der Waals surface area contributed by atoms with Crippen LogP contribution in [-0.2, 0) is 11.2 Å². The third-order valence-electron chi connectivity index (χ3n) is 3.49. The predicted molar refractivity (Wildman–Crippen MR) is 89.0 cm³/mol. The fourth-order valence-electron chi connectivity index (χ4n) is 2.26. The van der Waals surface area contributed by atoms with Crippen LogP contribution >= 0.6 is 0 Å². The number of amides is 1. The summed E-state index contributed by atoms with van der Waals surface area (Å²) in [6.45, 7) is 4.58. The van der Waals surface area contributed by atoms with Crippen molar-refractivity contribution in [2.45, 2.75) is 32.8 Å². The zero-order valence-electron chi connectivity index (χ0n) is 13.2. The first-order valence-electron chi connectivity index (χ1n) is 7.74. The van der Waals surface area contributed by atoms with Gasteiger partial charge >= 0.3 is 0 Å². The molecule has 0 aromatic heterocycles. The Morgan fingerprint density at radius 1 is 1.14 bits per heavy atom. The molecule has 0 aliphatic rings. The number of carbonyl (C=O) groups is 1. The van der Waals surface area contributed by atoms with Crippen molar-refractivity contribution in [1.29, 1.82) is 0 Å². The second kappa shape index (κ2) is 8.23.